The van der Waals surface area contributed by atoms with E-state index in [2.05, 4.69) is 0 Å². The van der Waals surface area contributed by atoms with Crippen LogP contribution in [0, 0.1) is 0 Å². The molecule has 156 valence electrons. The molecule has 0 spiro atoms. The third-order valence-electron chi connectivity index (χ3n) is 4.45. The first-order valence-electron chi connectivity index (χ1n) is 9.96. The van der Waals surface area contributed by atoms with E-state index in [0.29, 0.717) is 22.6 Å². The monoisotopic (exact) mass is 404 g/mol. The summed E-state index contributed by atoms with van der Waals surface area (Å²) in [4.78, 5) is 12.7. The summed E-state index contributed by atoms with van der Waals surface area (Å²) >= 11 is 0. The van der Waals surface area contributed by atoms with Crippen LogP contribution < -0.4 is 9.47 Å². The lowest BCUT2D eigenvalue weighted by Gasteiger charge is -2.21. The topological polar surface area (TPSA) is 55.8 Å². The number of ether oxygens (including phenoxy) is 2. The molecule has 0 atom stereocenters. The molecular formula is C26H28O4. The summed E-state index contributed by atoms with van der Waals surface area (Å²) in [6.45, 7) is 9.44. The summed E-state index contributed by atoms with van der Waals surface area (Å²) in [7, 11) is 0. The minimum atomic E-state index is -0.933. The first-order chi connectivity index (χ1) is 14.0. The second-order valence-electron chi connectivity index (χ2n) is 8.78. The van der Waals surface area contributed by atoms with E-state index in [1.54, 1.807) is 62.4 Å². The molecule has 0 aliphatic rings. The molecule has 3 aromatic rings. The van der Waals surface area contributed by atoms with Crippen molar-refractivity contribution in [3.05, 3.63) is 89.5 Å². The van der Waals surface area contributed by atoms with Crippen LogP contribution in [0.25, 0.3) is 0 Å². The third kappa shape index (κ3) is 5.71. The number of rotatable bonds is 6. The fraction of sp³-hybridized carbons (Fsp3) is 0.269. The Morgan fingerprint density at radius 1 is 0.667 bits per heavy atom. The number of carbonyl (C=O) groups excluding carboxylic acids is 1. The number of ketones is 1. The maximum atomic E-state index is 12.7. The number of benzene rings is 3. The van der Waals surface area contributed by atoms with Gasteiger partial charge in [-0.2, -0.15) is 0 Å². The fourth-order valence-electron chi connectivity index (χ4n) is 2.94. The van der Waals surface area contributed by atoms with Gasteiger partial charge in [0.1, 0.15) is 22.8 Å². The van der Waals surface area contributed by atoms with Gasteiger partial charge in [-0.1, -0.05) is 24.3 Å². The van der Waals surface area contributed by atoms with Crippen LogP contribution in [0.3, 0.4) is 0 Å². The Kier molecular flexibility index (Phi) is 5.99. The molecular weight excluding hydrogens is 376 g/mol. The molecule has 30 heavy (non-hydrogen) atoms. The number of aliphatic hydroxyl groups is 1. The summed E-state index contributed by atoms with van der Waals surface area (Å²) in [6, 6.07) is 21.5. The highest BCUT2D eigenvalue weighted by Gasteiger charge is 2.17. The third-order valence-corrected chi connectivity index (χ3v) is 4.45. The number of carbonyl (C=O) groups is 1. The number of hydrogen-bond donors (Lipinski definition) is 1. The largest absolute Gasteiger partial charge is 0.488 e. The molecule has 4 heteroatoms. The predicted molar refractivity (Wildman–Crippen MR) is 118 cm³/mol. The van der Waals surface area contributed by atoms with Gasteiger partial charge >= 0.3 is 0 Å². The molecule has 0 amide bonds. The molecule has 3 rings (SSSR count). The number of hydrogen-bond acceptors (Lipinski definition) is 4. The smallest absolute Gasteiger partial charge is 0.193 e. The second-order valence-corrected chi connectivity index (χ2v) is 8.78. The van der Waals surface area contributed by atoms with E-state index in [9.17, 15) is 9.90 Å². The highest BCUT2D eigenvalue weighted by molar-refractivity contribution is 6.09. The Morgan fingerprint density at radius 3 is 1.50 bits per heavy atom. The van der Waals surface area contributed by atoms with Crippen molar-refractivity contribution < 1.29 is 19.4 Å². The van der Waals surface area contributed by atoms with Gasteiger partial charge in [-0.05, 0) is 88.7 Å². The van der Waals surface area contributed by atoms with Crippen molar-refractivity contribution in [1.82, 2.24) is 0 Å². The van der Waals surface area contributed by atoms with Crippen LogP contribution in [0.5, 0.6) is 17.2 Å². The van der Waals surface area contributed by atoms with E-state index >= 15 is 0 Å². The van der Waals surface area contributed by atoms with Gasteiger partial charge in [0.15, 0.2) is 5.78 Å². The van der Waals surface area contributed by atoms with Crippen molar-refractivity contribution in [2.24, 2.45) is 0 Å². The highest BCUT2D eigenvalue weighted by atomic mass is 16.5. The van der Waals surface area contributed by atoms with E-state index in [1.807, 2.05) is 45.0 Å². The molecule has 0 fully saturated rings. The quantitative estimate of drug-likeness (QED) is 0.503. The van der Waals surface area contributed by atoms with Crippen molar-refractivity contribution >= 4 is 5.78 Å². The van der Waals surface area contributed by atoms with E-state index in [0.717, 1.165) is 11.3 Å². The Bertz CT molecular complexity index is 987. The zero-order valence-electron chi connectivity index (χ0n) is 18.1. The van der Waals surface area contributed by atoms with E-state index in [1.165, 1.54) is 0 Å². The van der Waals surface area contributed by atoms with Gasteiger partial charge in [-0.15, -0.1) is 0 Å². The van der Waals surface area contributed by atoms with Gasteiger partial charge < -0.3 is 14.6 Å². The Labute approximate surface area is 178 Å². The van der Waals surface area contributed by atoms with Crippen LogP contribution in [0.1, 0.15) is 56.1 Å². The average Bonchev–Trinajstić information content (AvgIpc) is 2.68. The molecule has 0 saturated heterocycles. The van der Waals surface area contributed by atoms with Gasteiger partial charge in [-0.25, -0.2) is 0 Å². The summed E-state index contributed by atoms with van der Waals surface area (Å²) in [6.07, 6.45) is 0. The Hall–Kier alpha value is -3.11. The molecule has 0 aromatic heterocycles. The van der Waals surface area contributed by atoms with Crippen LogP contribution in [0.15, 0.2) is 72.8 Å². The lowest BCUT2D eigenvalue weighted by Crippen LogP contribution is -2.22. The Balaban J connectivity index is 1.66. The first-order valence-corrected chi connectivity index (χ1v) is 9.96. The molecule has 0 heterocycles. The molecule has 0 radical (unpaired) electrons. The van der Waals surface area contributed by atoms with Crippen LogP contribution in [0.4, 0.5) is 0 Å². The standard InChI is InChI=1S/C26H28O4/c1-25(2,3)30-23-16-14-22(15-17-23)29-21-12-8-19(9-13-21)24(27)18-6-10-20(11-7-18)26(4,5)28/h6-17,28H,1-5H3. The van der Waals surface area contributed by atoms with Crippen molar-refractivity contribution in [3.8, 4) is 17.2 Å². The zero-order chi connectivity index (χ0) is 21.9. The maximum absolute atomic E-state index is 12.7. The molecule has 3 aromatic carbocycles. The minimum Gasteiger partial charge on any atom is -0.488 e. The molecule has 1 N–H and O–H groups in total. The fourth-order valence-corrected chi connectivity index (χ4v) is 2.94. The summed E-state index contributed by atoms with van der Waals surface area (Å²) in [5.41, 5.74) is 0.733. The summed E-state index contributed by atoms with van der Waals surface area (Å²) in [5.74, 6) is 2.05. The highest BCUT2D eigenvalue weighted by Crippen LogP contribution is 2.26. The summed E-state index contributed by atoms with van der Waals surface area (Å²) < 4.78 is 11.7. The Morgan fingerprint density at radius 2 is 1.07 bits per heavy atom. The van der Waals surface area contributed by atoms with Crippen LogP contribution in [-0.4, -0.2) is 16.5 Å². The van der Waals surface area contributed by atoms with E-state index < -0.39 is 5.60 Å². The van der Waals surface area contributed by atoms with Gasteiger partial charge in [0, 0.05) is 11.1 Å². The van der Waals surface area contributed by atoms with E-state index in [4.69, 9.17) is 9.47 Å². The second kappa shape index (κ2) is 8.33. The molecule has 4 nitrogen and oxygen atoms in total. The van der Waals surface area contributed by atoms with Gasteiger partial charge in [0.25, 0.3) is 0 Å². The van der Waals surface area contributed by atoms with E-state index in [-0.39, 0.29) is 11.4 Å². The average molecular weight is 405 g/mol. The molecule has 0 aliphatic carbocycles. The minimum absolute atomic E-state index is 0.0764. The van der Waals surface area contributed by atoms with Gasteiger partial charge in [-0.3, -0.25) is 4.79 Å². The van der Waals surface area contributed by atoms with Gasteiger partial charge in [0.2, 0.25) is 0 Å². The maximum Gasteiger partial charge on any atom is 0.193 e. The molecule has 0 aliphatic heterocycles. The molecule has 0 saturated carbocycles. The molecule has 0 bridgehead atoms. The van der Waals surface area contributed by atoms with Crippen molar-refractivity contribution in [2.45, 2.75) is 45.8 Å². The predicted octanol–water partition coefficient (Wildman–Crippen LogP) is 6.11. The van der Waals surface area contributed by atoms with Crippen LogP contribution in [-0.2, 0) is 5.60 Å². The SMILES string of the molecule is CC(C)(C)Oc1ccc(Oc2ccc(C(=O)c3ccc(C(C)(C)O)cc3)cc2)cc1. The van der Waals surface area contributed by atoms with Crippen LogP contribution in [0.2, 0.25) is 0 Å². The van der Waals surface area contributed by atoms with Crippen molar-refractivity contribution in [3.63, 3.8) is 0 Å². The first kappa shape index (κ1) is 21.6. The van der Waals surface area contributed by atoms with Crippen molar-refractivity contribution in [1.29, 1.82) is 0 Å². The normalized spacial score (nSPS) is 11.8. The zero-order valence-corrected chi connectivity index (χ0v) is 18.1. The van der Waals surface area contributed by atoms with Gasteiger partial charge in [0.05, 0.1) is 5.60 Å². The lowest BCUT2D eigenvalue weighted by atomic mass is 9.95. The molecule has 0 unspecified atom stereocenters. The summed E-state index contributed by atoms with van der Waals surface area (Å²) in [5, 5.41) is 10.0. The van der Waals surface area contributed by atoms with Crippen LogP contribution >= 0.6 is 0 Å². The van der Waals surface area contributed by atoms with Crippen molar-refractivity contribution in [2.75, 3.05) is 0 Å². The lowest BCUT2D eigenvalue weighted by molar-refractivity contribution is 0.0785.